The number of hydrogen-bond acceptors (Lipinski definition) is 3. The normalized spacial score (nSPS) is 11.3. The Kier molecular flexibility index (Phi) is 8.37. The maximum Gasteiger partial charge on any atom is 0.322 e. The molecule has 0 rings (SSSR count). The maximum absolute atomic E-state index is 11.4. The van der Waals surface area contributed by atoms with Crippen molar-refractivity contribution in [2.24, 2.45) is 11.8 Å². The molecule has 0 spiro atoms. The van der Waals surface area contributed by atoms with Crippen LogP contribution in [0.1, 0.15) is 34.1 Å². The van der Waals surface area contributed by atoms with Crippen molar-refractivity contribution in [1.29, 1.82) is 0 Å². The summed E-state index contributed by atoms with van der Waals surface area (Å²) in [4.78, 5) is 24.0. The van der Waals surface area contributed by atoms with Crippen LogP contribution in [0.3, 0.4) is 0 Å². The third-order valence-corrected chi connectivity index (χ3v) is 2.34. The number of rotatable bonds is 9. The predicted octanol–water partition coefficient (Wildman–Crippen LogP) is 1.19. The van der Waals surface area contributed by atoms with E-state index in [1.54, 1.807) is 0 Å². The molecule has 0 radical (unpaired) electrons. The molecular weight excluding hydrogens is 232 g/mol. The molecule has 0 bridgehead atoms. The molecule has 0 heterocycles. The zero-order chi connectivity index (χ0) is 14.1. The van der Waals surface area contributed by atoms with Gasteiger partial charge in [-0.05, 0) is 11.8 Å². The molecule has 0 aromatic rings. The minimum atomic E-state index is -1.01. The van der Waals surface area contributed by atoms with Crippen LogP contribution in [0.25, 0.3) is 0 Å². The maximum atomic E-state index is 11.4. The Bertz CT molecular complexity index is 255. The standard InChI is InChI=1S/C13H26N2O3/c1-10(2)8-15(9-11(3)4)6-5-12(16)14-7-13(17)18/h10-11H,5-9H2,1-4H3,(H,14,16)(H,17,18). The SMILES string of the molecule is CC(C)CN(CCC(=O)NCC(=O)O)CC(C)C. The van der Waals surface area contributed by atoms with Gasteiger partial charge in [0, 0.05) is 26.1 Å². The van der Waals surface area contributed by atoms with Gasteiger partial charge in [0.2, 0.25) is 5.91 Å². The zero-order valence-electron chi connectivity index (χ0n) is 11.9. The van der Waals surface area contributed by atoms with Crippen LogP contribution in [0, 0.1) is 11.8 Å². The van der Waals surface area contributed by atoms with E-state index in [0.29, 0.717) is 24.8 Å². The minimum absolute atomic E-state index is 0.199. The summed E-state index contributed by atoms with van der Waals surface area (Å²) in [5.41, 5.74) is 0. The van der Waals surface area contributed by atoms with Crippen molar-refractivity contribution in [3.63, 3.8) is 0 Å². The van der Waals surface area contributed by atoms with E-state index in [1.165, 1.54) is 0 Å². The molecule has 5 heteroatoms. The molecule has 0 aliphatic heterocycles. The zero-order valence-corrected chi connectivity index (χ0v) is 11.9. The van der Waals surface area contributed by atoms with Crippen LogP contribution in [0.4, 0.5) is 0 Å². The molecule has 0 aromatic carbocycles. The summed E-state index contributed by atoms with van der Waals surface area (Å²) in [6, 6.07) is 0. The second kappa shape index (κ2) is 8.91. The van der Waals surface area contributed by atoms with Crippen LogP contribution in [0.5, 0.6) is 0 Å². The van der Waals surface area contributed by atoms with Crippen molar-refractivity contribution in [1.82, 2.24) is 10.2 Å². The van der Waals surface area contributed by atoms with Gasteiger partial charge < -0.3 is 15.3 Å². The van der Waals surface area contributed by atoms with E-state index in [1.807, 2.05) is 0 Å². The van der Waals surface area contributed by atoms with Gasteiger partial charge in [-0.3, -0.25) is 9.59 Å². The first-order chi connectivity index (χ1) is 8.31. The Labute approximate surface area is 110 Å². The van der Waals surface area contributed by atoms with Gasteiger partial charge in [0.25, 0.3) is 0 Å². The van der Waals surface area contributed by atoms with Crippen LogP contribution in [-0.2, 0) is 9.59 Å². The monoisotopic (exact) mass is 258 g/mol. The molecule has 0 saturated heterocycles. The van der Waals surface area contributed by atoms with E-state index >= 15 is 0 Å². The highest BCUT2D eigenvalue weighted by molar-refractivity contribution is 5.81. The van der Waals surface area contributed by atoms with Gasteiger partial charge in [0.15, 0.2) is 0 Å². The lowest BCUT2D eigenvalue weighted by atomic mass is 10.1. The number of nitrogens with one attached hydrogen (secondary N) is 1. The third kappa shape index (κ3) is 10.1. The van der Waals surface area contributed by atoms with E-state index in [0.717, 1.165) is 13.1 Å². The summed E-state index contributed by atoms with van der Waals surface area (Å²) in [5.74, 6) is -0.0869. The summed E-state index contributed by atoms with van der Waals surface area (Å²) in [6.45, 7) is 10.9. The lowest BCUT2D eigenvalue weighted by Gasteiger charge is -2.25. The van der Waals surface area contributed by atoms with E-state index < -0.39 is 5.97 Å². The first-order valence-electron chi connectivity index (χ1n) is 6.52. The number of carboxylic acid groups (broad SMARTS) is 1. The fourth-order valence-electron chi connectivity index (χ4n) is 1.81. The van der Waals surface area contributed by atoms with Crippen molar-refractivity contribution in [2.45, 2.75) is 34.1 Å². The van der Waals surface area contributed by atoms with Crippen molar-refractivity contribution in [2.75, 3.05) is 26.2 Å². The van der Waals surface area contributed by atoms with Gasteiger partial charge >= 0.3 is 5.97 Å². The first kappa shape index (κ1) is 16.9. The van der Waals surface area contributed by atoms with Crippen LogP contribution >= 0.6 is 0 Å². The van der Waals surface area contributed by atoms with Crippen LogP contribution in [0.2, 0.25) is 0 Å². The van der Waals surface area contributed by atoms with Crippen molar-refractivity contribution >= 4 is 11.9 Å². The molecule has 0 unspecified atom stereocenters. The van der Waals surface area contributed by atoms with Crippen molar-refractivity contribution < 1.29 is 14.7 Å². The van der Waals surface area contributed by atoms with Gasteiger partial charge in [-0.15, -0.1) is 0 Å². The second-order valence-electron chi connectivity index (χ2n) is 5.47. The third-order valence-electron chi connectivity index (χ3n) is 2.34. The number of carbonyl (C=O) groups is 2. The molecule has 106 valence electrons. The quantitative estimate of drug-likeness (QED) is 0.652. The molecule has 0 aliphatic rings. The lowest BCUT2D eigenvalue weighted by Crippen LogP contribution is -2.36. The Balaban J connectivity index is 4.00. The summed E-state index contributed by atoms with van der Waals surface area (Å²) >= 11 is 0. The van der Waals surface area contributed by atoms with E-state index in [2.05, 4.69) is 37.9 Å². The van der Waals surface area contributed by atoms with Crippen molar-refractivity contribution in [3.8, 4) is 0 Å². The smallest absolute Gasteiger partial charge is 0.322 e. The molecule has 18 heavy (non-hydrogen) atoms. The van der Waals surface area contributed by atoms with E-state index in [-0.39, 0.29) is 12.5 Å². The Morgan fingerprint density at radius 3 is 2.00 bits per heavy atom. The first-order valence-corrected chi connectivity index (χ1v) is 6.52. The average molecular weight is 258 g/mol. The highest BCUT2D eigenvalue weighted by Gasteiger charge is 2.11. The van der Waals surface area contributed by atoms with Crippen LogP contribution < -0.4 is 5.32 Å². The number of aliphatic carboxylic acids is 1. The van der Waals surface area contributed by atoms with Gasteiger partial charge in [-0.2, -0.15) is 0 Å². The number of nitrogens with zero attached hydrogens (tertiary/aromatic N) is 1. The molecule has 0 fully saturated rings. The summed E-state index contributed by atoms with van der Waals surface area (Å²) in [5, 5.41) is 10.8. The highest BCUT2D eigenvalue weighted by Crippen LogP contribution is 2.04. The number of carboxylic acids is 1. The molecule has 2 N–H and O–H groups in total. The molecule has 1 amide bonds. The highest BCUT2D eigenvalue weighted by atomic mass is 16.4. The van der Waals surface area contributed by atoms with Gasteiger partial charge in [0.05, 0.1) is 0 Å². The molecule has 5 nitrogen and oxygen atoms in total. The van der Waals surface area contributed by atoms with E-state index in [9.17, 15) is 9.59 Å². The molecule has 0 atom stereocenters. The number of hydrogen-bond donors (Lipinski definition) is 2. The molecule has 0 aromatic heterocycles. The Hall–Kier alpha value is -1.10. The summed E-state index contributed by atoms with van der Waals surface area (Å²) < 4.78 is 0. The number of amides is 1. The molecular formula is C13H26N2O3. The fraction of sp³-hybridized carbons (Fsp3) is 0.846. The van der Waals surface area contributed by atoms with Crippen molar-refractivity contribution in [3.05, 3.63) is 0 Å². The molecule has 0 saturated carbocycles. The van der Waals surface area contributed by atoms with E-state index in [4.69, 9.17) is 5.11 Å². The Morgan fingerprint density at radius 1 is 1.11 bits per heavy atom. The summed E-state index contributed by atoms with van der Waals surface area (Å²) in [6.07, 6.45) is 0.354. The Morgan fingerprint density at radius 2 is 1.61 bits per heavy atom. The molecule has 0 aliphatic carbocycles. The fourth-order valence-corrected chi connectivity index (χ4v) is 1.81. The van der Waals surface area contributed by atoms with Gasteiger partial charge in [0.1, 0.15) is 6.54 Å². The lowest BCUT2D eigenvalue weighted by molar-refractivity contribution is -0.138. The second-order valence-corrected chi connectivity index (χ2v) is 5.47. The van der Waals surface area contributed by atoms with Crippen LogP contribution in [-0.4, -0.2) is 48.1 Å². The topological polar surface area (TPSA) is 69.6 Å². The summed E-state index contributed by atoms with van der Waals surface area (Å²) in [7, 11) is 0. The average Bonchev–Trinajstić information content (AvgIpc) is 2.21. The van der Waals surface area contributed by atoms with Gasteiger partial charge in [-0.25, -0.2) is 0 Å². The number of carbonyl (C=O) groups excluding carboxylic acids is 1. The predicted molar refractivity (Wildman–Crippen MR) is 71.4 cm³/mol. The minimum Gasteiger partial charge on any atom is -0.480 e. The van der Waals surface area contributed by atoms with Crippen LogP contribution in [0.15, 0.2) is 0 Å². The largest absolute Gasteiger partial charge is 0.480 e. The van der Waals surface area contributed by atoms with Gasteiger partial charge in [-0.1, -0.05) is 27.7 Å².